The molecule has 8 heteroatoms. The van der Waals surface area contributed by atoms with E-state index < -0.39 is 0 Å². The van der Waals surface area contributed by atoms with Crippen molar-refractivity contribution in [2.75, 3.05) is 24.5 Å². The summed E-state index contributed by atoms with van der Waals surface area (Å²) in [7, 11) is 0. The van der Waals surface area contributed by atoms with Crippen LogP contribution in [0.15, 0.2) is 47.6 Å². The van der Waals surface area contributed by atoms with Crippen molar-refractivity contribution in [2.24, 2.45) is 5.92 Å². The Labute approximate surface area is 157 Å². The van der Waals surface area contributed by atoms with Gasteiger partial charge in [-0.2, -0.15) is 0 Å². The second-order valence-electron chi connectivity index (χ2n) is 6.72. The standard InChI is InChI=1S/C19H22N6O2/c1-14-21-6-8-25(14)18-12-20-11-17(23-18)24-7-2-4-15(13-24)10-22-19(26)16-5-3-9-27-16/h3,5-6,8-9,11-12,15H,2,4,7,10,13H2,1H3,(H,22,26). The first-order valence-electron chi connectivity index (χ1n) is 9.10. The van der Waals surface area contributed by atoms with Crippen molar-refractivity contribution in [1.29, 1.82) is 0 Å². The Kier molecular flexibility index (Phi) is 4.86. The van der Waals surface area contributed by atoms with E-state index in [-0.39, 0.29) is 5.91 Å². The number of nitrogens with one attached hydrogen (secondary N) is 1. The number of rotatable bonds is 5. The maximum Gasteiger partial charge on any atom is 0.286 e. The summed E-state index contributed by atoms with van der Waals surface area (Å²) in [6.45, 7) is 4.32. The molecule has 1 amide bonds. The highest BCUT2D eigenvalue weighted by molar-refractivity contribution is 5.91. The molecule has 1 saturated heterocycles. The first kappa shape index (κ1) is 17.3. The van der Waals surface area contributed by atoms with E-state index in [1.165, 1.54) is 6.26 Å². The average molecular weight is 366 g/mol. The predicted octanol–water partition coefficient (Wildman–Crippen LogP) is 2.21. The minimum Gasteiger partial charge on any atom is -0.459 e. The Morgan fingerprint density at radius 3 is 3.04 bits per heavy atom. The number of aromatic nitrogens is 4. The van der Waals surface area contributed by atoms with Crippen molar-refractivity contribution in [1.82, 2.24) is 24.8 Å². The number of anilines is 1. The molecule has 1 atom stereocenters. The number of carbonyl (C=O) groups excluding carboxylic acids is 1. The molecule has 3 aromatic heterocycles. The van der Waals surface area contributed by atoms with Crippen LogP contribution in [0.4, 0.5) is 5.82 Å². The van der Waals surface area contributed by atoms with Crippen LogP contribution in [-0.4, -0.2) is 45.1 Å². The third kappa shape index (κ3) is 3.84. The van der Waals surface area contributed by atoms with E-state index in [4.69, 9.17) is 9.40 Å². The summed E-state index contributed by atoms with van der Waals surface area (Å²) in [6, 6.07) is 3.38. The van der Waals surface area contributed by atoms with Crippen LogP contribution in [0, 0.1) is 12.8 Å². The highest BCUT2D eigenvalue weighted by Crippen LogP contribution is 2.22. The van der Waals surface area contributed by atoms with E-state index in [1.807, 2.05) is 17.7 Å². The summed E-state index contributed by atoms with van der Waals surface area (Å²) in [4.78, 5) is 27.6. The zero-order valence-electron chi connectivity index (χ0n) is 15.2. The number of amides is 1. The molecule has 1 aliphatic heterocycles. The monoisotopic (exact) mass is 366 g/mol. The van der Waals surface area contributed by atoms with Crippen molar-refractivity contribution >= 4 is 11.7 Å². The second-order valence-corrected chi connectivity index (χ2v) is 6.72. The highest BCUT2D eigenvalue weighted by Gasteiger charge is 2.22. The van der Waals surface area contributed by atoms with Crippen molar-refractivity contribution in [3.05, 3.63) is 54.8 Å². The predicted molar refractivity (Wildman–Crippen MR) is 99.9 cm³/mol. The maximum atomic E-state index is 12.1. The molecule has 0 saturated carbocycles. The number of furan rings is 1. The van der Waals surface area contributed by atoms with Gasteiger partial charge in [-0.1, -0.05) is 0 Å². The number of carbonyl (C=O) groups is 1. The number of piperidine rings is 1. The average Bonchev–Trinajstić information content (AvgIpc) is 3.38. The molecule has 3 aromatic rings. The number of hydrogen-bond acceptors (Lipinski definition) is 6. The van der Waals surface area contributed by atoms with Crippen molar-refractivity contribution in [3.8, 4) is 5.82 Å². The van der Waals surface area contributed by atoms with Crippen LogP contribution in [0.2, 0.25) is 0 Å². The molecular weight excluding hydrogens is 344 g/mol. The summed E-state index contributed by atoms with van der Waals surface area (Å²) in [5.74, 6) is 3.02. The van der Waals surface area contributed by atoms with Crippen LogP contribution in [0.5, 0.6) is 0 Å². The van der Waals surface area contributed by atoms with Gasteiger partial charge in [0.2, 0.25) is 0 Å². The van der Waals surface area contributed by atoms with Gasteiger partial charge in [-0.15, -0.1) is 0 Å². The smallest absolute Gasteiger partial charge is 0.286 e. The molecule has 1 aliphatic rings. The van der Waals surface area contributed by atoms with Gasteiger partial charge >= 0.3 is 0 Å². The van der Waals surface area contributed by atoms with Crippen LogP contribution in [0.1, 0.15) is 29.2 Å². The number of aryl methyl sites for hydroxylation is 1. The van der Waals surface area contributed by atoms with Crippen LogP contribution >= 0.6 is 0 Å². The van der Waals surface area contributed by atoms with Gasteiger partial charge in [-0.25, -0.2) is 9.97 Å². The van der Waals surface area contributed by atoms with Crippen molar-refractivity contribution in [3.63, 3.8) is 0 Å². The largest absolute Gasteiger partial charge is 0.459 e. The minimum absolute atomic E-state index is 0.172. The summed E-state index contributed by atoms with van der Waals surface area (Å²) >= 11 is 0. The molecule has 0 bridgehead atoms. The lowest BCUT2D eigenvalue weighted by molar-refractivity contribution is 0.0918. The van der Waals surface area contributed by atoms with Crippen molar-refractivity contribution in [2.45, 2.75) is 19.8 Å². The Hall–Kier alpha value is -3.16. The zero-order valence-corrected chi connectivity index (χ0v) is 15.2. The molecule has 1 unspecified atom stereocenters. The molecule has 0 radical (unpaired) electrons. The Morgan fingerprint density at radius 2 is 2.26 bits per heavy atom. The van der Waals surface area contributed by atoms with Gasteiger partial charge in [0.05, 0.1) is 18.7 Å². The Morgan fingerprint density at radius 1 is 1.37 bits per heavy atom. The quantitative estimate of drug-likeness (QED) is 0.745. The lowest BCUT2D eigenvalue weighted by Gasteiger charge is -2.33. The first-order chi connectivity index (χ1) is 13.2. The fourth-order valence-corrected chi connectivity index (χ4v) is 3.41. The molecule has 0 aromatic carbocycles. The second kappa shape index (κ2) is 7.61. The lowest BCUT2D eigenvalue weighted by atomic mass is 9.98. The first-order valence-corrected chi connectivity index (χ1v) is 9.10. The van der Waals surface area contributed by atoms with E-state index >= 15 is 0 Å². The van der Waals surface area contributed by atoms with E-state index in [0.29, 0.717) is 18.2 Å². The molecule has 0 aliphatic carbocycles. The van der Waals surface area contributed by atoms with E-state index in [0.717, 1.165) is 43.4 Å². The highest BCUT2D eigenvalue weighted by atomic mass is 16.3. The van der Waals surface area contributed by atoms with Gasteiger partial charge in [0.1, 0.15) is 11.6 Å². The maximum absolute atomic E-state index is 12.1. The van der Waals surface area contributed by atoms with Crippen LogP contribution in [0.3, 0.4) is 0 Å². The molecule has 0 spiro atoms. The summed E-state index contributed by atoms with van der Waals surface area (Å²) < 4.78 is 7.05. The lowest BCUT2D eigenvalue weighted by Crippen LogP contribution is -2.41. The molecule has 1 fully saturated rings. The van der Waals surface area contributed by atoms with Gasteiger partial charge in [0.15, 0.2) is 11.6 Å². The third-order valence-electron chi connectivity index (χ3n) is 4.82. The molecule has 4 heterocycles. The van der Waals surface area contributed by atoms with E-state index in [1.54, 1.807) is 30.7 Å². The molecule has 140 valence electrons. The fourth-order valence-electron chi connectivity index (χ4n) is 3.41. The SMILES string of the molecule is Cc1nccn1-c1cncc(N2CCCC(CNC(=O)c3ccco3)C2)n1. The summed E-state index contributed by atoms with van der Waals surface area (Å²) in [6.07, 6.45) is 10.8. The number of nitrogens with zero attached hydrogens (tertiary/aromatic N) is 5. The molecule has 27 heavy (non-hydrogen) atoms. The minimum atomic E-state index is -0.172. The number of imidazole rings is 1. The van der Waals surface area contributed by atoms with Gasteiger partial charge < -0.3 is 14.6 Å². The molecular formula is C19H22N6O2. The normalized spacial score (nSPS) is 17.1. The van der Waals surface area contributed by atoms with Crippen LogP contribution < -0.4 is 10.2 Å². The van der Waals surface area contributed by atoms with Gasteiger partial charge in [-0.3, -0.25) is 14.3 Å². The fraction of sp³-hybridized carbons (Fsp3) is 0.368. The third-order valence-corrected chi connectivity index (χ3v) is 4.82. The Balaban J connectivity index is 1.41. The zero-order chi connectivity index (χ0) is 18.6. The van der Waals surface area contributed by atoms with E-state index in [9.17, 15) is 4.79 Å². The van der Waals surface area contributed by atoms with Gasteiger partial charge in [0.25, 0.3) is 5.91 Å². The summed E-state index contributed by atoms with van der Waals surface area (Å²) in [5, 5.41) is 2.96. The summed E-state index contributed by atoms with van der Waals surface area (Å²) in [5.41, 5.74) is 0. The Bertz CT molecular complexity index is 905. The van der Waals surface area contributed by atoms with E-state index in [2.05, 4.69) is 20.2 Å². The number of hydrogen-bond donors (Lipinski definition) is 1. The van der Waals surface area contributed by atoms with Crippen LogP contribution in [-0.2, 0) is 0 Å². The molecule has 8 nitrogen and oxygen atoms in total. The van der Waals surface area contributed by atoms with Crippen LogP contribution in [0.25, 0.3) is 5.82 Å². The molecule has 1 N–H and O–H groups in total. The van der Waals surface area contributed by atoms with Gasteiger partial charge in [0, 0.05) is 32.0 Å². The topological polar surface area (TPSA) is 89.1 Å². The van der Waals surface area contributed by atoms with Gasteiger partial charge in [-0.05, 0) is 37.8 Å². The molecule has 4 rings (SSSR count). The van der Waals surface area contributed by atoms with Crippen molar-refractivity contribution < 1.29 is 9.21 Å².